The third-order valence-corrected chi connectivity index (χ3v) is 5.27. The number of carbonyl (C=O) groups is 1. The predicted molar refractivity (Wildman–Crippen MR) is 102 cm³/mol. The second kappa shape index (κ2) is 6.91. The van der Waals surface area contributed by atoms with E-state index in [9.17, 15) is 4.79 Å². The monoisotopic (exact) mass is 369 g/mol. The Kier molecular flexibility index (Phi) is 4.58. The van der Waals surface area contributed by atoms with Crippen LogP contribution in [0.2, 0.25) is 0 Å². The molecule has 0 N–H and O–H groups in total. The Morgan fingerprint density at radius 1 is 1.11 bits per heavy atom. The molecule has 1 amide bonds. The zero-order valence-corrected chi connectivity index (χ0v) is 16.2. The molecule has 0 spiro atoms. The van der Waals surface area contributed by atoms with Crippen LogP contribution in [0.1, 0.15) is 33.6 Å². The van der Waals surface area contributed by atoms with Gasteiger partial charge in [0.15, 0.2) is 0 Å². The molecule has 1 aliphatic carbocycles. The standard InChI is InChI=1S/C21H27N3O3/c1-21(2,3)27-20(25)23-13-15-11-17(12-16(15)14-23)26-19-8-5-4-7-18(19)24-10-6-9-22-24/h4-10,15-17H,11-14H2,1-3H3/t15-,16?,17?/m1/s1. The van der Waals surface area contributed by atoms with E-state index < -0.39 is 5.60 Å². The van der Waals surface area contributed by atoms with Gasteiger partial charge in [0, 0.05) is 25.5 Å². The summed E-state index contributed by atoms with van der Waals surface area (Å²) in [6.45, 7) is 7.24. The Morgan fingerprint density at radius 2 is 1.81 bits per heavy atom. The maximum absolute atomic E-state index is 12.3. The highest BCUT2D eigenvalue weighted by Gasteiger charge is 2.44. The summed E-state index contributed by atoms with van der Waals surface area (Å²) in [4.78, 5) is 14.2. The van der Waals surface area contributed by atoms with Crippen molar-refractivity contribution in [3.8, 4) is 11.4 Å². The van der Waals surface area contributed by atoms with Crippen LogP contribution in [0.15, 0.2) is 42.7 Å². The minimum atomic E-state index is -0.448. The number of fused-ring (bicyclic) bond motifs is 1. The number of carbonyl (C=O) groups excluding carboxylic acids is 1. The largest absolute Gasteiger partial charge is 0.488 e. The van der Waals surface area contributed by atoms with Gasteiger partial charge in [0.25, 0.3) is 0 Å². The Hall–Kier alpha value is -2.50. The first-order valence-corrected chi connectivity index (χ1v) is 9.63. The first-order valence-electron chi connectivity index (χ1n) is 9.63. The molecule has 6 heteroatoms. The van der Waals surface area contributed by atoms with E-state index in [4.69, 9.17) is 9.47 Å². The summed E-state index contributed by atoms with van der Waals surface area (Å²) in [5, 5.41) is 4.32. The molecule has 3 atom stereocenters. The van der Waals surface area contributed by atoms with E-state index in [0.717, 1.165) is 37.4 Å². The molecule has 4 rings (SSSR count). The number of hydrogen-bond acceptors (Lipinski definition) is 4. The van der Waals surface area contributed by atoms with E-state index >= 15 is 0 Å². The van der Waals surface area contributed by atoms with Crippen LogP contribution in [0.4, 0.5) is 4.79 Å². The summed E-state index contributed by atoms with van der Waals surface area (Å²) in [6, 6.07) is 9.90. The summed E-state index contributed by atoms with van der Waals surface area (Å²) < 4.78 is 13.7. The van der Waals surface area contributed by atoms with Gasteiger partial charge < -0.3 is 14.4 Å². The summed E-state index contributed by atoms with van der Waals surface area (Å²) >= 11 is 0. The number of likely N-dealkylation sites (tertiary alicyclic amines) is 1. The van der Waals surface area contributed by atoms with Crippen LogP contribution in [-0.4, -0.2) is 45.6 Å². The highest BCUT2D eigenvalue weighted by Crippen LogP contribution is 2.40. The van der Waals surface area contributed by atoms with Gasteiger partial charge in [0.1, 0.15) is 17.0 Å². The molecule has 2 aliphatic rings. The average molecular weight is 369 g/mol. The lowest BCUT2D eigenvalue weighted by Crippen LogP contribution is -2.36. The van der Waals surface area contributed by atoms with Crippen LogP contribution in [0.25, 0.3) is 5.69 Å². The fourth-order valence-corrected chi connectivity index (χ4v) is 4.15. The highest BCUT2D eigenvalue weighted by atomic mass is 16.6. The van der Waals surface area contributed by atoms with Crippen LogP contribution in [-0.2, 0) is 4.74 Å². The minimum absolute atomic E-state index is 0.178. The fraction of sp³-hybridized carbons (Fsp3) is 0.524. The number of ether oxygens (including phenoxy) is 2. The van der Waals surface area contributed by atoms with Crippen molar-refractivity contribution >= 4 is 6.09 Å². The Balaban J connectivity index is 1.37. The molecule has 6 nitrogen and oxygen atoms in total. The molecular weight excluding hydrogens is 342 g/mol. The highest BCUT2D eigenvalue weighted by molar-refractivity contribution is 5.68. The van der Waals surface area contributed by atoms with Gasteiger partial charge in [-0.1, -0.05) is 12.1 Å². The first kappa shape index (κ1) is 17.9. The van der Waals surface area contributed by atoms with Crippen molar-refractivity contribution in [1.29, 1.82) is 0 Å². The molecule has 27 heavy (non-hydrogen) atoms. The predicted octanol–water partition coefficient (Wildman–Crippen LogP) is 3.90. The molecule has 2 heterocycles. The third kappa shape index (κ3) is 3.94. The van der Waals surface area contributed by atoms with Crippen molar-refractivity contribution in [2.24, 2.45) is 11.8 Å². The van der Waals surface area contributed by atoms with Gasteiger partial charge in [0.2, 0.25) is 0 Å². The first-order chi connectivity index (χ1) is 12.9. The minimum Gasteiger partial charge on any atom is -0.488 e. The lowest BCUT2D eigenvalue weighted by Gasteiger charge is -2.25. The molecule has 1 aromatic carbocycles. The van der Waals surface area contributed by atoms with Crippen LogP contribution in [0.3, 0.4) is 0 Å². The summed E-state index contributed by atoms with van der Waals surface area (Å²) in [7, 11) is 0. The zero-order chi connectivity index (χ0) is 19.0. The van der Waals surface area contributed by atoms with Crippen LogP contribution < -0.4 is 4.74 Å². The molecule has 2 aromatic rings. The molecule has 0 radical (unpaired) electrons. The number of nitrogens with zero attached hydrogens (tertiary/aromatic N) is 3. The van der Waals surface area contributed by atoms with Crippen molar-refractivity contribution < 1.29 is 14.3 Å². The third-order valence-electron chi connectivity index (χ3n) is 5.27. The van der Waals surface area contributed by atoms with Crippen LogP contribution in [0, 0.1) is 11.8 Å². The topological polar surface area (TPSA) is 56.6 Å². The van der Waals surface area contributed by atoms with Gasteiger partial charge in [-0.2, -0.15) is 5.10 Å². The fourth-order valence-electron chi connectivity index (χ4n) is 4.15. The number of rotatable bonds is 3. The van der Waals surface area contributed by atoms with Gasteiger partial charge in [-0.25, -0.2) is 9.48 Å². The van der Waals surface area contributed by atoms with Gasteiger partial charge >= 0.3 is 6.09 Å². The van der Waals surface area contributed by atoms with Crippen molar-refractivity contribution in [2.75, 3.05) is 13.1 Å². The van der Waals surface area contributed by atoms with Crippen molar-refractivity contribution in [1.82, 2.24) is 14.7 Å². The van der Waals surface area contributed by atoms with E-state index in [1.54, 1.807) is 6.20 Å². The molecular formula is C21H27N3O3. The smallest absolute Gasteiger partial charge is 0.410 e. The lowest BCUT2D eigenvalue weighted by molar-refractivity contribution is 0.0272. The Labute approximate surface area is 160 Å². The zero-order valence-electron chi connectivity index (χ0n) is 16.2. The van der Waals surface area contributed by atoms with Gasteiger partial charge in [-0.05, 0) is 63.6 Å². The number of aromatic nitrogens is 2. The number of hydrogen-bond donors (Lipinski definition) is 0. The van der Waals surface area contributed by atoms with Gasteiger partial charge in [0.05, 0.1) is 6.10 Å². The Bertz CT molecular complexity index is 783. The Morgan fingerprint density at radius 3 is 2.44 bits per heavy atom. The van der Waals surface area contributed by atoms with Crippen molar-refractivity contribution in [3.05, 3.63) is 42.7 Å². The van der Waals surface area contributed by atoms with E-state index in [-0.39, 0.29) is 12.2 Å². The number of para-hydroxylation sites is 2. The summed E-state index contributed by atoms with van der Waals surface area (Å²) in [5.74, 6) is 1.83. The molecule has 1 aromatic heterocycles. The quantitative estimate of drug-likeness (QED) is 0.823. The molecule has 2 fully saturated rings. The molecule has 1 aliphatic heterocycles. The lowest BCUT2D eigenvalue weighted by atomic mass is 10.0. The number of benzene rings is 1. The van der Waals surface area contributed by atoms with E-state index in [1.807, 2.05) is 66.9 Å². The second-order valence-electron chi connectivity index (χ2n) is 8.54. The van der Waals surface area contributed by atoms with Crippen molar-refractivity contribution in [2.45, 2.75) is 45.3 Å². The van der Waals surface area contributed by atoms with Crippen molar-refractivity contribution in [3.63, 3.8) is 0 Å². The SMILES string of the molecule is CC(C)(C)OC(=O)N1CC2CC(Oc3ccccc3-n3cccn3)C[C@@H]2C1. The molecule has 144 valence electrons. The van der Waals surface area contributed by atoms with E-state index in [1.165, 1.54) is 0 Å². The normalized spacial score (nSPS) is 24.7. The number of amides is 1. The van der Waals surface area contributed by atoms with Crippen LogP contribution in [0.5, 0.6) is 5.75 Å². The molecule has 1 saturated heterocycles. The molecule has 2 unspecified atom stereocenters. The molecule has 0 bridgehead atoms. The van der Waals surface area contributed by atoms with Gasteiger partial charge in [-0.3, -0.25) is 0 Å². The maximum atomic E-state index is 12.3. The van der Waals surface area contributed by atoms with Crippen LogP contribution >= 0.6 is 0 Å². The average Bonchev–Trinajstić information content (AvgIpc) is 3.29. The van der Waals surface area contributed by atoms with Gasteiger partial charge in [-0.15, -0.1) is 0 Å². The van der Waals surface area contributed by atoms with E-state index in [2.05, 4.69) is 5.10 Å². The maximum Gasteiger partial charge on any atom is 0.410 e. The summed E-state index contributed by atoms with van der Waals surface area (Å²) in [5.41, 5.74) is 0.506. The summed E-state index contributed by atoms with van der Waals surface area (Å²) in [6.07, 6.45) is 5.61. The second-order valence-corrected chi connectivity index (χ2v) is 8.54. The van der Waals surface area contributed by atoms with E-state index in [0.29, 0.717) is 11.8 Å². The molecule has 1 saturated carbocycles.